The van der Waals surface area contributed by atoms with Crippen molar-refractivity contribution in [1.82, 2.24) is 0 Å². The summed E-state index contributed by atoms with van der Waals surface area (Å²) in [5, 5.41) is 21.5. The van der Waals surface area contributed by atoms with Crippen LogP contribution in [0.5, 0.6) is 5.75 Å². The molecule has 0 amide bonds. The van der Waals surface area contributed by atoms with Crippen LogP contribution in [0.4, 0.5) is 5.69 Å². The van der Waals surface area contributed by atoms with Crippen LogP contribution in [-0.4, -0.2) is 24.9 Å². The zero-order chi connectivity index (χ0) is 14.3. The maximum atomic E-state index is 9.67. The highest BCUT2D eigenvalue weighted by Gasteiger charge is 2.30. The lowest BCUT2D eigenvalue weighted by molar-refractivity contribution is 0.0944. The number of hydrogen-bond acceptors (Lipinski definition) is 4. The lowest BCUT2D eigenvalue weighted by atomic mass is 9.74. The van der Waals surface area contributed by atoms with Gasteiger partial charge in [0.25, 0.3) is 0 Å². The normalized spacial score (nSPS) is 17.2. The second-order valence-electron chi connectivity index (χ2n) is 5.54. The molecule has 0 aliphatic heterocycles. The van der Waals surface area contributed by atoms with Gasteiger partial charge in [0, 0.05) is 17.6 Å². The highest BCUT2D eigenvalue weighted by Crippen LogP contribution is 2.36. The molecule has 1 saturated carbocycles. The highest BCUT2D eigenvalue weighted by molar-refractivity contribution is 5.46. The molecule has 2 N–H and O–H groups in total. The Morgan fingerprint density at radius 3 is 2.50 bits per heavy atom. The number of nitriles is 1. The average Bonchev–Trinajstić information content (AvgIpc) is 2.53. The quantitative estimate of drug-likeness (QED) is 0.837. The minimum atomic E-state index is 0.0359. The average molecular weight is 274 g/mol. The highest BCUT2D eigenvalue weighted by atomic mass is 16.5. The Balaban J connectivity index is 1.88. The minimum Gasteiger partial charge on any atom is -0.479 e. The molecular weight excluding hydrogens is 252 g/mol. The molecule has 4 nitrogen and oxygen atoms in total. The Morgan fingerprint density at radius 1 is 1.20 bits per heavy atom. The smallest absolute Gasteiger partial charge is 0.174 e. The topological polar surface area (TPSA) is 65.3 Å². The van der Waals surface area contributed by atoms with Gasteiger partial charge < -0.3 is 15.2 Å². The van der Waals surface area contributed by atoms with E-state index in [1.807, 2.05) is 30.3 Å². The van der Waals surface area contributed by atoms with E-state index in [0.29, 0.717) is 5.75 Å². The van der Waals surface area contributed by atoms with Crippen LogP contribution in [0.2, 0.25) is 0 Å². The summed E-state index contributed by atoms with van der Waals surface area (Å²) in [6.45, 7) is 1.13. The monoisotopic (exact) mass is 274 g/mol. The van der Waals surface area contributed by atoms with Crippen LogP contribution in [0.15, 0.2) is 24.3 Å². The second-order valence-corrected chi connectivity index (χ2v) is 5.54. The third kappa shape index (κ3) is 3.88. The summed E-state index contributed by atoms with van der Waals surface area (Å²) in [5.74, 6) is 0.701. The number of aliphatic hydroxyl groups is 1. The number of benzene rings is 1. The van der Waals surface area contributed by atoms with Gasteiger partial charge in [-0.3, -0.25) is 0 Å². The van der Waals surface area contributed by atoms with Crippen LogP contribution < -0.4 is 10.1 Å². The Kier molecular flexibility index (Phi) is 5.25. The third-order valence-corrected chi connectivity index (χ3v) is 4.07. The third-order valence-electron chi connectivity index (χ3n) is 4.07. The van der Waals surface area contributed by atoms with Gasteiger partial charge in [-0.05, 0) is 37.1 Å². The van der Waals surface area contributed by atoms with Gasteiger partial charge in [-0.1, -0.05) is 19.3 Å². The van der Waals surface area contributed by atoms with Crippen molar-refractivity contribution in [3.63, 3.8) is 0 Å². The molecule has 20 heavy (non-hydrogen) atoms. The molecular formula is C16H22N2O2. The molecule has 0 radical (unpaired) electrons. The van der Waals surface area contributed by atoms with Crippen LogP contribution in [-0.2, 0) is 0 Å². The van der Waals surface area contributed by atoms with Crippen molar-refractivity contribution in [3.8, 4) is 11.8 Å². The molecule has 1 aliphatic rings. The summed E-state index contributed by atoms with van der Waals surface area (Å²) in [7, 11) is 0. The summed E-state index contributed by atoms with van der Waals surface area (Å²) >= 11 is 0. The lowest BCUT2D eigenvalue weighted by Gasteiger charge is -2.36. The van der Waals surface area contributed by atoms with Gasteiger partial charge in [-0.2, -0.15) is 5.26 Å². The fourth-order valence-electron chi connectivity index (χ4n) is 2.77. The van der Waals surface area contributed by atoms with E-state index < -0.39 is 0 Å². The van der Waals surface area contributed by atoms with E-state index in [9.17, 15) is 5.11 Å². The van der Waals surface area contributed by atoms with Gasteiger partial charge in [0.15, 0.2) is 6.61 Å². The number of nitrogens with zero attached hydrogens (tertiary/aromatic N) is 1. The largest absolute Gasteiger partial charge is 0.479 e. The maximum absolute atomic E-state index is 9.67. The lowest BCUT2D eigenvalue weighted by Crippen LogP contribution is -2.35. The van der Waals surface area contributed by atoms with E-state index in [1.54, 1.807) is 0 Å². The molecule has 0 atom stereocenters. The molecule has 1 aromatic carbocycles. The van der Waals surface area contributed by atoms with E-state index in [-0.39, 0.29) is 18.6 Å². The van der Waals surface area contributed by atoms with Crippen molar-refractivity contribution in [2.24, 2.45) is 5.41 Å². The number of nitrogens with one attached hydrogen (secondary N) is 1. The standard InChI is InChI=1S/C16H22N2O2/c17-10-11-20-15-6-4-14(5-7-15)18-12-16(13-19)8-2-1-3-9-16/h4-7,18-19H,1-3,8-9,11-13H2. The van der Waals surface area contributed by atoms with Crippen molar-refractivity contribution in [2.45, 2.75) is 32.1 Å². The predicted molar refractivity (Wildman–Crippen MR) is 78.6 cm³/mol. The second kappa shape index (κ2) is 7.16. The molecule has 2 rings (SSSR count). The van der Waals surface area contributed by atoms with Crippen molar-refractivity contribution >= 4 is 5.69 Å². The number of aliphatic hydroxyl groups excluding tert-OH is 1. The molecule has 4 heteroatoms. The van der Waals surface area contributed by atoms with E-state index in [0.717, 1.165) is 25.1 Å². The van der Waals surface area contributed by atoms with E-state index in [4.69, 9.17) is 10.00 Å². The van der Waals surface area contributed by atoms with Gasteiger partial charge >= 0.3 is 0 Å². The fourth-order valence-corrected chi connectivity index (χ4v) is 2.77. The van der Waals surface area contributed by atoms with Gasteiger partial charge in [0.2, 0.25) is 0 Å². The van der Waals surface area contributed by atoms with Crippen LogP contribution >= 0.6 is 0 Å². The Bertz CT molecular complexity index is 445. The predicted octanol–water partition coefficient (Wildman–Crippen LogP) is 2.94. The van der Waals surface area contributed by atoms with Crippen molar-refractivity contribution in [2.75, 3.05) is 25.1 Å². The Morgan fingerprint density at radius 2 is 1.90 bits per heavy atom. The van der Waals surface area contributed by atoms with E-state index >= 15 is 0 Å². The number of ether oxygens (including phenoxy) is 1. The van der Waals surface area contributed by atoms with Crippen LogP contribution in [0, 0.1) is 16.7 Å². The zero-order valence-electron chi connectivity index (χ0n) is 11.8. The Hall–Kier alpha value is -1.73. The molecule has 0 spiro atoms. The van der Waals surface area contributed by atoms with Crippen molar-refractivity contribution < 1.29 is 9.84 Å². The molecule has 0 bridgehead atoms. The molecule has 0 unspecified atom stereocenters. The first kappa shape index (κ1) is 14.7. The number of anilines is 1. The molecule has 108 valence electrons. The van der Waals surface area contributed by atoms with E-state index in [1.165, 1.54) is 19.3 Å². The molecule has 1 aromatic rings. The first-order valence-corrected chi connectivity index (χ1v) is 7.23. The first-order chi connectivity index (χ1) is 9.78. The van der Waals surface area contributed by atoms with Gasteiger partial charge in [-0.15, -0.1) is 0 Å². The van der Waals surface area contributed by atoms with Gasteiger partial charge in [0.1, 0.15) is 11.8 Å². The van der Waals surface area contributed by atoms with Crippen LogP contribution in [0.3, 0.4) is 0 Å². The molecule has 1 fully saturated rings. The van der Waals surface area contributed by atoms with Crippen LogP contribution in [0.1, 0.15) is 32.1 Å². The van der Waals surface area contributed by atoms with Gasteiger partial charge in [0.05, 0.1) is 6.61 Å². The fraction of sp³-hybridized carbons (Fsp3) is 0.562. The summed E-state index contributed by atoms with van der Waals surface area (Å²) < 4.78 is 5.22. The van der Waals surface area contributed by atoms with Crippen molar-refractivity contribution in [1.29, 1.82) is 5.26 Å². The first-order valence-electron chi connectivity index (χ1n) is 7.23. The number of hydrogen-bond donors (Lipinski definition) is 2. The summed E-state index contributed by atoms with van der Waals surface area (Å²) in [5.41, 5.74) is 1.06. The van der Waals surface area contributed by atoms with Crippen LogP contribution in [0.25, 0.3) is 0 Å². The zero-order valence-corrected chi connectivity index (χ0v) is 11.8. The molecule has 0 heterocycles. The minimum absolute atomic E-state index is 0.0359. The molecule has 0 saturated heterocycles. The Labute approximate surface area is 120 Å². The molecule has 0 aromatic heterocycles. The summed E-state index contributed by atoms with van der Waals surface area (Å²) in [6.07, 6.45) is 5.90. The molecule has 1 aliphatic carbocycles. The number of rotatable bonds is 6. The van der Waals surface area contributed by atoms with Crippen molar-refractivity contribution in [3.05, 3.63) is 24.3 Å². The van der Waals surface area contributed by atoms with Gasteiger partial charge in [-0.25, -0.2) is 0 Å². The maximum Gasteiger partial charge on any atom is 0.174 e. The summed E-state index contributed by atoms with van der Waals surface area (Å²) in [4.78, 5) is 0. The SMILES string of the molecule is N#CCOc1ccc(NCC2(CO)CCCCC2)cc1. The van der Waals surface area contributed by atoms with E-state index in [2.05, 4.69) is 5.32 Å². The summed E-state index contributed by atoms with van der Waals surface area (Å²) in [6, 6.07) is 9.54.